The lowest BCUT2D eigenvalue weighted by Gasteiger charge is -2.18. The van der Waals surface area contributed by atoms with Crippen molar-refractivity contribution in [3.05, 3.63) is 76.4 Å². The molecule has 0 aliphatic carbocycles. The van der Waals surface area contributed by atoms with E-state index in [-0.39, 0.29) is 0 Å². The molecule has 1 nitrogen and oxygen atoms in total. The SMILES string of the molecule is CCc1[c]ccc(C=C(C)C2=Cc3ccccc3OC2)c1. The Bertz CT molecular complexity index is 707. The normalized spacial score (nSPS) is 14.2. The van der Waals surface area contributed by atoms with E-state index in [4.69, 9.17) is 4.74 Å². The Kier molecular flexibility index (Phi) is 3.92. The fraction of sp³-hybridized carbons (Fsp3) is 0.200. The van der Waals surface area contributed by atoms with Crippen molar-refractivity contribution >= 4 is 12.2 Å². The van der Waals surface area contributed by atoms with Crippen LogP contribution in [0.5, 0.6) is 5.75 Å². The van der Waals surface area contributed by atoms with Gasteiger partial charge in [-0.3, -0.25) is 0 Å². The summed E-state index contributed by atoms with van der Waals surface area (Å²) in [6, 6.07) is 17.7. The Labute approximate surface area is 126 Å². The van der Waals surface area contributed by atoms with E-state index in [0.717, 1.165) is 17.7 Å². The van der Waals surface area contributed by atoms with Crippen molar-refractivity contribution in [2.24, 2.45) is 0 Å². The zero-order chi connectivity index (χ0) is 14.7. The zero-order valence-electron chi connectivity index (χ0n) is 12.5. The minimum atomic E-state index is 0.638. The van der Waals surface area contributed by atoms with E-state index in [0.29, 0.717) is 6.61 Å². The monoisotopic (exact) mass is 275 g/mol. The van der Waals surface area contributed by atoms with Crippen LogP contribution in [0.2, 0.25) is 0 Å². The summed E-state index contributed by atoms with van der Waals surface area (Å²) in [4.78, 5) is 0. The highest BCUT2D eigenvalue weighted by molar-refractivity contribution is 5.70. The number of ether oxygens (including phenoxy) is 1. The van der Waals surface area contributed by atoms with Crippen LogP contribution in [0.1, 0.15) is 30.5 Å². The fourth-order valence-corrected chi connectivity index (χ4v) is 2.52. The van der Waals surface area contributed by atoms with Crippen LogP contribution in [0.4, 0.5) is 0 Å². The lowest BCUT2D eigenvalue weighted by atomic mass is 9.99. The van der Waals surface area contributed by atoms with E-state index >= 15 is 0 Å². The first-order valence-corrected chi connectivity index (χ1v) is 7.38. The Morgan fingerprint density at radius 1 is 1.29 bits per heavy atom. The average Bonchev–Trinajstić information content (AvgIpc) is 2.54. The maximum atomic E-state index is 5.82. The maximum Gasteiger partial charge on any atom is 0.127 e. The first-order valence-electron chi connectivity index (χ1n) is 7.38. The van der Waals surface area contributed by atoms with Gasteiger partial charge in [-0.15, -0.1) is 0 Å². The third kappa shape index (κ3) is 3.08. The minimum absolute atomic E-state index is 0.638. The smallest absolute Gasteiger partial charge is 0.127 e. The lowest BCUT2D eigenvalue weighted by Crippen LogP contribution is -2.07. The quantitative estimate of drug-likeness (QED) is 0.772. The van der Waals surface area contributed by atoms with Crippen LogP contribution >= 0.6 is 0 Å². The summed E-state index contributed by atoms with van der Waals surface area (Å²) in [6.07, 6.45) is 5.45. The molecular weight excluding hydrogens is 256 g/mol. The second-order valence-corrected chi connectivity index (χ2v) is 5.32. The van der Waals surface area contributed by atoms with Gasteiger partial charge in [-0.05, 0) is 53.8 Å². The van der Waals surface area contributed by atoms with Gasteiger partial charge in [0, 0.05) is 5.56 Å². The van der Waals surface area contributed by atoms with Crippen LogP contribution in [0.25, 0.3) is 12.2 Å². The van der Waals surface area contributed by atoms with E-state index < -0.39 is 0 Å². The summed E-state index contributed by atoms with van der Waals surface area (Å²) in [7, 11) is 0. The van der Waals surface area contributed by atoms with Crippen LogP contribution < -0.4 is 4.74 Å². The number of para-hydroxylation sites is 1. The molecule has 21 heavy (non-hydrogen) atoms. The predicted octanol–water partition coefficient (Wildman–Crippen LogP) is 4.93. The van der Waals surface area contributed by atoms with Gasteiger partial charge in [-0.1, -0.05) is 49.4 Å². The second kappa shape index (κ2) is 6.01. The van der Waals surface area contributed by atoms with Crippen molar-refractivity contribution in [3.63, 3.8) is 0 Å². The fourth-order valence-electron chi connectivity index (χ4n) is 2.52. The highest BCUT2D eigenvalue weighted by atomic mass is 16.5. The minimum Gasteiger partial charge on any atom is -0.488 e. The van der Waals surface area contributed by atoms with Gasteiger partial charge in [0.2, 0.25) is 0 Å². The van der Waals surface area contributed by atoms with E-state index in [9.17, 15) is 0 Å². The van der Waals surface area contributed by atoms with Crippen LogP contribution in [-0.2, 0) is 6.42 Å². The molecule has 3 rings (SSSR count). The Hall–Kier alpha value is -2.28. The van der Waals surface area contributed by atoms with Crippen molar-refractivity contribution in [1.82, 2.24) is 0 Å². The predicted molar refractivity (Wildman–Crippen MR) is 88.2 cm³/mol. The zero-order valence-corrected chi connectivity index (χ0v) is 12.5. The van der Waals surface area contributed by atoms with E-state index in [2.05, 4.69) is 50.3 Å². The first-order chi connectivity index (χ1) is 10.3. The number of aryl methyl sites for hydroxylation is 1. The summed E-state index contributed by atoms with van der Waals surface area (Å²) in [5.41, 5.74) is 6.11. The van der Waals surface area contributed by atoms with Crippen molar-refractivity contribution in [1.29, 1.82) is 0 Å². The van der Waals surface area contributed by atoms with E-state index in [1.807, 2.05) is 24.3 Å². The van der Waals surface area contributed by atoms with Crippen LogP contribution in [0.15, 0.2) is 53.6 Å². The molecule has 1 aliphatic heterocycles. The van der Waals surface area contributed by atoms with Gasteiger partial charge >= 0.3 is 0 Å². The molecule has 1 heterocycles. The van der Waals surface area contributed by atoms with Crippen molar-refractivity contribution in [2.75, 3.05) is 6.61 Å². The highest BCUT2D eigenvalue weighted by Crippen LogP contribution is 2.29. The Morgan fingerprint density at radius 2 is 2.14 bits per heavy atom. The topological polar surface area (TPSA) is 9.23 Å². The number of benzene rings is 2. The summed E-state index contributed by atoms with van der Waals surface area (Å²) in [6.45, 7) is 4.94. The number of fused-ring (bicyclic) bond motifs is 1. The molecule has 2 aromatic rings. The highest BCUT2D eigenvalue weighted by Gasteiger charge is 2.11. The molecule has 0 saturated heterocycles. The van der Waals surface area contributed by atoms with Gasteiger partial charge in [-0.2, -0.15) is 0 Å². The summed E-state index contributed by atoms with van der Waals surface area (Å²) < 4.78 is 5.82. The molecule has 0 saturated carbocycles. The molecule has 1 heteroatoms. The molecule has 1 radical (unpaired) electrons. The largest absolute Gasteiger partial charge is 0.488 e. The Balaban J connectivity index is 1.90. The van der Waals surface area contributed by atoms with E-state index in [1.165, 1.54) is 22.3 Å². The molecule has 0 fully saturated rings. The lowest BCUT2D eigenvalue weighted by molar-refractivity contribution is 0.349. The third-order valence-corrected chi connectivity index (χ3v) is 3.79. The van der Waals surface area contributed by atoms with Crippen LogP contribution in [0, 0.1) is 6.07 Å². The number of rotatable bonds is 3. The molecule has 0 N–H and O–H groups in total. The molecule has 0 aromatic heterocycles. The van der Waals surface area contributed by atoms with Crippen LogP contribution in [0.3, 0.4) is 0 Å². The van der Waals surface area contributed by atoms with E-state index in [1.54, 1.807) is 0 Å². The van der Waals surface area contributed by atoms with Gasteiger partial charge in [0.1, 0.15) is 12.4 Å². The van der Waals surface area contributed by atoms with Crippen LogP contribution in [-0.4, -0.2) is 6.61 Å². The van der Waals surface area contributed by atoms with Gasteiger partial charge in [0.25, 0.3) is 0 Å². The summed E-state index contributed by atoms with van der Waals surface area (Å²) in [5, 5.41) is 0. The first kappa shape index (κ1) is 13.7. The van der Waals surface area contributed by atoms with Gasteiger partial charge in [0.15, 0.2) is 0 Å². The molecule has 0 atom stereocenters. The number of hydrogen-bond donors (Lipinski definition) is 0. The van der Waals surface area contributed by atoms with Crippen molar-refractivity contribution in [3.8, 4) is 5.75 Å². The van der Waals surface area contributed by atoms with Gasteiger partial charge in [0.05, 0.1) is 0 Å². The average molecular weight is 275 g/mol. The molecule has 0 amide bonds. The summed E-state index contributed by atoms with van der Waals surface area (Å²) in [5.74, 6) is 0.969. The third-order valence-electron chi connectivity index (χ3n) is 3.79. The summed E-state index contributed by atoms with van der Waals surface area (Å²) >= 11 is 0. The van der Waals surface area contributed by atoms with Gasteiger partial charge < -0.3 is 4.74 Å². The molecule has 105 valence electrons. The molecule has 2 aromatic carbocycles. The second-order valence-electron chi connectivity index (χ2n) is 5.32. The molecular formula is C20H19O. The molecule has 0 spiro atoms. The standard InChI is InChI=1S/C20H19O/c1-3-16-7-6-8-17(12-16)11-15(2)19-13-18-9-4-5-10-20(18)21-14-19/h4-6,8-13H,3,14H2,1-2H3. The molecule has 0 bridgehead atoms. The maximum absolute atomic E-state index is 5.82. The van der Waals surface area contributed by atoms with Gasteiger partial charge in [-0.25, -0.2) is 0 Å². The Morgan fingerprint density at radius 3 is 3.00 bits per heavy atom. The van der Waals surface area contributed by atoms with Crippen molar-refractivity contribution in [2.45, 2.75) is 20.3 Å². The molecule has 1 aliphatic rings. The number of hydrogen-bond acceptors (Lipinski definition) is 1. The molecule has 0 unspecified atom stereocenters. The van der Waals surface area contributed by atoms with Crippen molar-refractivity contribution < 1.29 is 4.74 Å².